The van der Waals surface area contributed by atoms with Crippen molar-refractivity contribution in [3.63, 3.8) is 0 Å². The zero-order valence-electron chi connectivity index (χ0n) is 17.9. The van der Waals surface area contributed by atoms with Gasteiger partial charge in [0.25, 0.3) is 0 Å². The largest absolute Gasteiger partial charge is 0.489 e. The fourth-order valence-corrected chi connectivity index (χ4v) is 3.77. The van der Waals surface area contributed by atoms with Gasteiger partial charge in [-0.2, -0.15) is 0 Å². The summed E-state index contributed by atoms with van der Waals surface area (Å²) in [5, 5.41) is 9.43. The number of hydrogen-bond donors (Lipinski definition) is 1. The van der Waals surface area contributed by atoms with Gasteiger partial charge in [-0.15, -0.1) is 0 Å². The van der Waals surface area contributed by atoms with Crippen LogP contribution in [0, 0.1) is 0 Å². The van der Waals surface area contributed by atoms with Gasteiger partial charge in [-0.3, -0.25) is 0 Å². The summed E-state index contributed by atoms with van der Waals surface area (Å²) >= 11 is 0. The summed E-state index contributed by atoms with van der Waals surface area (Å²) in [6, 6.07) is 21.4. The minimum absolute atomic E-state index is 0.0834. The molecule has 0 aromatic heterocycles. The summed E-state index contributed by atoms with van der Waals surface area (Å²) < 4.78 is 6.09. The van der Waals surface area contributed by atoms with E-state index in [0.717, 1.165) is 30.6 Å². The zero-order valence-corrected chi connectivity index (χ0v) is 17.9. The number of ether oxygens (including phenoxy) is 1. The smallest absolute Gasteiger partial charge is 0.120 e. The molecular formula is C27H32O2. The molecule has 0 spiro atoms. The molecular weight excluding hydrogens is 356 g/mol. The first-order valence-corrected chi connectivity index (χ1v) is 10.7. The average molecular weight is 389 g/mol. The Bertz CT molecular complexity index is 926. The molecule has 0 heterocycles. The van der Waals surface area contributed by atoms with Crippen molar-refractivity contribution in [2.45, 2.75) is 59.7 Å². The Morgan fingerprint density at radius 2 is 1.28 bits per heavy atom. The Balaban J connectivity index is 1.78. The molecule has 0 atom stereocenters. The van der Waals surface area contributed by atoms with Gasteiger partial charge in [0.05, 0.1) is 6.61 Å². The molecule has 152 valence electrons. The summed E-state index contributed by atoms with van der Waals surface area (Å²) in [6.45, 7) is 7.22. The highest BCUT2D eigenvalue weighted by Crippen LogP contribution is 2.32. The zero-order chi connectivity index (χ0) is 20.6. The quantitative estimate of drug-likeness (QED) is 0.453. The van der Waals surface area contributed by atoms with E-state index in [-0.39, 0.29) is 6.61 Å². The molecule has 0 fully saturated rings. The predicted molar refractivity (Wildman–Crippen MR) is 121 cm³/mol. The maximum atomic E-state index is 9.43. The molecule has 0 aliphatic heterocycles. The second-order valence-corrected chi connectivity index (χ2v) is 7.53. The average Bonchev–Trinajstić information content (AvgIpc) is 2.78. The number of aryl methyl sites for hydroxylation is 3. The van der Waals surface area contributed by atoms with Gasteiger partial charge < -0.3 is 9.84 Å². The van der Waals surface area contributed by atoms with Crippen LogP contribution in [0.15, 0.2) is 60.7 Å². The van der Waals surface area contributed by atoms with Crippen LogP contribution in [0.4, 0.5) is 0 Å². The van der Waals surface area contributed by atoms with Crippen LogP contribution in [0.1, 0.15) is 55.0 Å². The van der Waals surface area contributed by atoms with Crippen molar-refractivity contribution in [2.24, 2.45) is 0 Å². The molecule has 0 aliphatic rings. The third-order valence-corrected chi connectivity index (χ3v) is 5.45. The summed E-state index contributed by atoms with van der Waals surface area (Å²) in [6.07, 6.45) is 4.19. The van der Waals surface area contributed by atoms with Crippen LogP contribution in [0.2, 0.25) is 0 Å². The van der Waals surface area contributed by atoms with E-state index >= 15 is 0 Å². The molecule has 0 amide bonds. The molecule has 2 heteroatoms. The first-order valence-electron chi connectivity index (χ1n) is 10.7. The molecule has 0 radical (unpaired) electrons. The Morgan fingerprint density at radius 1 is 0.690 bits per heavy atom. The highest BCUT2D eigenvalue weighted by Gasteiger charge is 2.10. The van der Waals surface area contributed by atoms with E-state index in [1.54, 1.807) is 0 Å². The monoisotopic (exact) mass is 388 g/mol. The molecule has 0 saturated heterocycles. The molecule has 3 rings (SSSR count). The van der Waals surface area contributed by atoms with Crippen LogP contribution in [0.3, 0.4) is 0 Å². The van der Waals surface area contributed by atoms with Crippen molar-refractivity contribution in [2.75, 3.05) is 0 Å². The SMILES string of the molecule is CCCc1ccc(COc2ccc(-c3ccc(CO)cc3CC)c(CC)c2)cc1. The molecule has 3 aromatic carbocycles. The van der Waals surface area contributed by atoms with Crippen molar-refractivity contribution >= 4 is 0 Å². The van der Waals surface area contributed by atoms with Crippen LogP contribution in [0.25, 0.3) is 11.1 Å². The van der Waals surface area contributed by atoms with Crippen LogP contribution in [0.5, 0.6) is 5.75 Å². The van der Waals surface area contributed by atoms with Gasteiger partial charge in [0.2, 0.25) is 0 Å². The van der Waals surface area contributed by atoms with Gasteiger partial charge in [-0.05, 0) is 70.3 Å². The van der Waals surface area contributed by atoms with Gasteiger partial charge in [0.1, 0.15) is 12.4 Å². The van der Waals surface area contributed by atoms with Crippen LogP contribution in [-0.4, -0.2) is 5.11 Å². The van der Waals surface area contributed by atoms with E-state index < -0.39 is 0 Å². The molecule has 0 unspecified atom stereocenters. The van der Waals surface area contributed by atoms with Crippen molar-refractivity contribution in [3.8, 4) is 16.9 Å². The van der Waals surface area contributed by atoms with E-state index in [9.17, 15) is 5.11 Å². The highest BCUT2D eigenvalue weighted by molar-refractivity contribution is 5.72. The summed E-state index contributed by atoms with van der Waals surface area (Å²) in [5.74, 6) is 0.910. The van der Waals surface area contributed by atoms with Gasteiger partial charge in [0.15, 0.2) is 0 Å². The van der Waals surface area contributed by atoms with Crippen molar-refractivity contribution in [1.29, 1.82) is 0 Å². The third-order valence-electron chi connectivity index (χ3n) is 5.45. The minimum atomic E-state index is 0.0834. The van der Waals surface area contributed by atoms with E-state index in [2.05, 4.69) is 75.4 Å². The van der Waals surface area contributed by atoms with Crippen LogP contribution < -0.4 is 4.74 Å². The number of benzene rings is 3. The number of aliphatic hydroxyl groups excluding tert-OH is 1. The summed E-state index contributed by atoms with van der Waals surface area (Å²) in [5.41, 5.74) is 8.60. The minimum Gasteiger partial charge on any atom is -0.489 e. The van der Waals surface area contributed by atoms with Gasteiger partial charge in [0, 0.05) is 0 Å². The molecule has 0 saturated carbocycles. The van der Waals surface area contributed by atoms with E-state index in [1.165, 1.54) is 39.8 Å². The molecule has 2 nitrogen and oxygen atoms in total. The molecule has 1 N–H and O–H groups in total. The maximum Gasteiger partial charge on any atom is 0.120 e. The molecule has 0 aliphatic carbocycles. The van der Waals surface area contributed by atoms with Crippen molar-refractivity contribution < 1.29 is 9.84 Å². The van der Waals surface area contributed by atoms with Gasteiger partial charge in [-0.25, -0.2) is 0 Å². The standard InChI is InChI=1S/C27H32O2/c1-4-7-20-8-10-21(11-9-20)19-29-25-13-15-27(24(6-3)17-25)26-14-12-22(18-28)16-23(26)5-2/h8-17,28H,4-7,18-19H2,1-3H3. The van der Waals surface area contributed by atoms with Crippen LogP contribution >= 0.6 is 0 Å². The first kappa shape index (κ1) is 21.1. The highest BCUT2D eigenvalue weighted by atomic mass is 16.5. The Kier molecular flexibility index (Phi) is 7.48. The van der Waals surface area contributed by atoms with E-state index in [1.807, 2.05) is 6.07 Å². The molecule has 29 heavy (non-hydrogen) atoms. The van der Waals surface area contributed by atoms with E-state index in [4.69, 9.17) is 4.74 Å². The molecule has 0 bridgehead atoms. The summed E-state index contributed by atoms with van der Waals surface area (Å²) in [4.78, 5) is 0. The Hall–Kier alpha value is -2.58. The number of aliphatic hydroxyl groups is 1. The fraction of sp³-hybridized carbons (Fsp3) is 0.333. The maximum absolute atomic E-state index is 9.43. The first-order chi connectivity index (χ1) is 14.2. The fourth-order valence-electron chi connectivity index (χ4n) is 3.77. The lowest BCUT2D eigenvalue weighted by Crippen LogP contribution is -1.99. The lowest BCUT2D eigenvalue weighted by atomic mass is 9.92. The Labute approximate surface area is 175 Å². The second kappa shape index (κ2) is 10.3. The summed E-state index contributed by atoms with van der Waals surface area (Å²) in [7, 11) is 0. The van der Waals surface area contributed by atoms with Crippen molar-refractivity contribution in [3.05, 3.63) is 88.5 Å². The van der Waals surface area contributed by atoms with Gasteiger partial charge >= 0.3 is 0 Å². The number of hydrogen-bond acceptors (Lipinski definition) is 2. The lowest BCUT2D eigenvalue weighted by molar-refractivity contribution is 0.282. The topological polar surface area (TPSA) is 29.5 Å². The van der Waals surface area contributed by atoms with E-state index in [0.29, 0.717) is 6.61 Å². The lowest BCUT2D eigenvalue weighted by Gasteiger charge is -2.15. The van der Waals surface area contributed by atoms with Gasteiger partial charge in [-0.1, -0.05) is 75.7 Å². The molecule has 3 aromatic rings. The van der Waals surface area contributed by atoms with Crippen molar-refractivity contribution in [1.82, 2.24) is 0 Å². The third kappa shape index (κ3) is 5.27. The van der Waals surface area contributed by atoms with Crippen LogP contribution in [-0.2, 0) is 32.5 Å². The number of rotatable bonds is 9. The Morgan fingerprint density at radius 3 is 1.90 bits per heavy atom. The normalized spacial score (nSPS) is 10.9. The predicted octanol–water partition coefficient (Wildman–Crippen LogP) is 6.50. The second-order valence-electron chi connectivity index (χ2n) is 7.53.